The minimum atomic E-state index is 0.393. The van der Waals surface area contributed by atoms with E-state index in [2.05, 4.69) is 61.9 Å². The van der Waals surface area contributed by atoms with Gasteiger partial charge in [0.2, 0.25) is 0 Å². The van der Waals surface area contributed by atoms with Crippen LogP contribution in [0.25, 0.3) is 0 Å². The maximum absolute atomic E-state index is 6.15. The molecule has 0 radical (unpaired) electrons. The molecule has 0 fully saturated rings. The Balaban J connectivity index is 2.72. The van der Waals surface area contributed by atoms with Crippen molar-refractivity contribution in [1.82, 2.24) is 5.32 Å². The summed E-state index contributed by atoms with van der Waals surface area (Å²) in [6.45, 7) is 12.4. The molecule has 0 aromatic carbocycles. The Morgan fingerprint density at radius 3 is 2.47 bits per heavy atom. The van der Waals surface area contributed by atoms with Crippen molar-refractivity contribution in [2.24, 2.45) is 11.3 Å². The lowest BCUT2D eigenvalue weighted by Crippen LogP contribution is -2.23. The predicted molar refractivity (Wildman–Crippen MR) is 91.3 cm³/mol. The third-order valence-electron chi connectivity index (χ3n) is 3.06. The van der Waals surface area contributed by atoms with E-state index < -0.39 is 0 Å². The van der Waals surface area contributed by atoms with Crippen molar-refractivity contribution in [2.45, 2.75) is 53.5 Å². The van der Waals surface area contributed by atoms with Crippen LogP contribution in [-0.2, 0) is 0 Å². The van der Waals surface area contributed by atoms with Crippen LogP contribution in [0.1, 0.15) is 58.4 Å². The number of nitrogens with one attached hydrogen (secondary N) is 1. The maximum Gasteiger partial charge on any atom is 0.0887 e. The molecular formula is C15H25BrClNS. The molecule has 0 bridgehead atoms. The van der Waals surface area contributed by atoms with Gasteiger partial charge < -0.3 is 5.32 Å². The molecule has 19 heavy (non-hydrogen) atoms. The molecule has 1 aromatic heterocycles. The molecule has 0 aliphatic heterocycles. The van der Waals surface area contributed by atoms with Gasteiger partial charge in [0, 0.05) is 10.9 Å². The molecule has 1 N–H and O–H groups in total. The van der Waals surface area contributed by atoms with E-state index in [1.807, 2.05) is 0 Å². The molecule has 0 aliphatic rings. The highest BCUT2D eigenvalue weighted by Crippen LogP contribution is 2.38. The lowest BCUT2D eigenvalue weighted by atomic mass is 9.83. The predicted octanol–water partition coefficient (Wildman–Crippen LogP) is 6.28. The zero-order chi connectivity index (χ0) is 14.6. The van der Waals surface area contributed by atoms with Gasteiger partial charge in [0.15, 0.2) is 0 Å². The van der Waals surface area contributed by atoms with Crippen LogP contribution in [-0.4, -0.2) is 6.54 Å². The zero-order valence-electron chi connectivity index (χ0n) is 12.5. The van der Waals surface area contributed by atoms with E-state index in [-0.39, 0.29) is 0 Å². The Morgan fingerprint density at radius 1 is 1.42 bits per heavy atom. The molecule has 1 heterocycles. The highest BCUT2D eigenvalue weighted by molar-refractivity contribution is 9.11. The van der Waals surface area contributed by atoms with Crippen LogP contribution in [0.2, 0.25) is 5.02 Å². The summed E-state index contributed by atoms with van der Waals surface area (Å²) in [6.07, 6.45) is 2.41. The van der Waals surface area contributed by atoms with Crippen LogP contribution in [0.4, 0.5) is 0 Å². The lowest BCUT2D eigenvalue weighted by Gasteiger charge is -2.26. The van der Waals surface area contributed by atoms with E-state index >= 15 is 0 Å². The number of thiophene rings is 1. The molecule has 2 atom stereocenters. The van der Waals surface area contributed by atoms with E-state index in [1.165, 1.54) is 11.3 Å². The fourth-order valence-electron chi connectivity index (χ4n) is 2.61. The molecular weight excluding hydrogens is 342 g/mol. The third-order valence-corrected chi connectivity index (χ3v) is 5.65. The van der Waals surface area contributed by atoms with E-state index in [1.54, 1.807) is 11.3 Å². The first kappa shape index (κ1) is 17.5. The Labute approximate surface area is 135 Å². The summed E-state index contributed by atoms with van der Waals surface area (Å²) < 4.78 is 1.04. The summed E-state index contributed by atoms with van der Waals surface area (Å²) in [5.74, 6) is 0.698. The molecule has 0 saturated carbocycles. The summed E-state index contributed by atoms with van der Waals surface area (Å²) in [6, 6.07) is 2.50. The zero-order valence-corrected chi connectivity index (χ0v) is 15.7. The Morgan fingerprint density at radius 2 is 2.05 bits per heavy atom. The SMILES string of the molecule is CCNC(CC(C)CC(C)(C)C)c1cc(Cl)c(Br)s1. The van der Waals surface area contributed by atoms with Gasteiger partial charge in [0.05, 0.1) is 8.81 Å². The minimum Gasteiger partial charge on any atom is -0.310 e. The normalized spacial score (nSPS) is 15.5. The molecule has 2 unspecified atom stereocenters. The van der Waals surface area contributed by atoms with Gasteiger partial charge in [-0.15, -0.1) is 11.3 Å². The Bertz CT molecular complexity index is 378. The molecule has 0 saturated heterocycles. The summed E-state index contributed by atoms with van der Waals surface area (Å²) in [4.78, 5) is 1.33. The second kappa shape index (κ2) is 7.44. The quantitative estimate of drug-likeness (QED) is 0.625. The Kier molecular flexibility index (Phi) is 6.85. The lowest BCUT2D eigenvalue weighted by molar-refractivity contribution is 0.277. The minimum absolute atomic E-state index is 0.393. The van der Waals surface area contributed by atoms with Crippen molar-refractivity contribution >= 4 is 38.9 Å². The highest BCUT2D eigenvalue weighted by atomic mass is 79.9. The van der Waals surface area contributed by atoms with Crippen molar-refractivity contribution in [3.63, 3.8) is 0 Å². The summed E-state index contributed by atoms with van der Waals surface area (Å²) >= 11 is 11.4. The van der Waals surface area contributed by atoms with Gasteiger partial charge >= 0.3 is 0 Å². The van der Waals surface area contributed by atoms with Crippen molar-refractivity contribution in [1.29, 1.82) is 0 Å². The molecule has 4 heteroatoms. The smallest absolute Gasteiger partial charge is 0.0887 e. The largest absolute Gasteiger partial charge is 0.310 e. The van der Waals surface area contributed by atoms with Gasteiger partial charge in [-0.3, -0.25) is 0 Å². The van der Waals surface area contributed by atoms with Gasteiger partial charge in [0.1, 0.15) is 0 Å². The third kappa shape index (κ3) is 6.16. The van der Waals surface area contributed by atoms with Crippen LogP contribution in [0.3, 0.4) is 0 Å². The van der Waals surface area contributed by atoms with Gasteiger partial charge in [-0.1, -0.05) is 46.2 Å². The molecule has 1 rings (SSSR count). The van der Waals surface area contributed by atoms with Gasteiger partial charge in [0.25, 0.3) is 0 Å². The topological polar surface area (TPSA) is 12.0 Å². The fourth-order valence-corrected chi connectivity index (χ4v) is 4.45. The standard InChI is InChI=1S/C15H25BrClNS/c1-6-18-12(7-10(2)9-15(3,4)5)13-8-11(17)14(16)19-13/h8,10,12,18H,6-7,9H2,1-5H3. The molecule has 1 aromatic rings. The maximum atomic E-state index is 6.15. The van der Waals surface area contributed by atoms with E-state index in [0.29, 0.717) is 17.4 Å². The number of halogens is 2. The van der Waals surface area contributed by atoms with Crippen molar-refractivity contribution < 1.29 is 0 Å². The molecule has 110 valence electrons. The second-order valence-electron chi connectivity index (χ2n) is 6.49. The van der Waals surface area contributed by atoms with Crippen molar-refractivity contribution in [2.75, 3.05) is 6.54 Å². The first-order valence-corrected chi connectivity index (χ1v) is 8.89. The highest BCUT2D eigenvalue weighted by Gasteiger charge is 2.21. The number of rotatable bonds is 6. The summed E-state index contributed by atoms with van der Waals surface area (Å²) in [5.41, 5.74) is 0.393. The van der Waals surface area contributed by atoms with Crippen LogP contribution in [0, 0.1) is 11.3 Å². The first-order chi connectivity index (χ1) is 8.73. The molecule has 0 spiro atoms. The monoisotopic (exact) mass is 365 g/mol. The first-order valence-electron chi connectivity index (χ1n) is 6.91. The van der Waals surface area contributed by atoms with Crippen molar-refractivity contribution in [3.05, 3.63) is 19.8 Å². The molecule has 0 amide bonds. The van der Waals surface area contributed by atoms with E-state index in [9.17, 15) is 0 Å². The van der Waals surface area contributed by atoms with Crippen LogP contribution < -0.4 is 5.32 Å². The number of hydrogen-bond acceptors (Lipinski definition) is 2. The van der Waals surface area contributed by atoms with E-state index in [0.717, 1.165) is 21.8 Å². The molecule has 0 aliphatic carbocycles. The van der Waals surface area contributed by atoms with Crippen LogP contribution >= 0.6 is 38.9 Å². The summed E-state index contributed by atoms with van der Waals surface area (Å²) in [5, 5.41) is 4.41. The molecule has 1 nitrogen and oxygen atoms in total. The summed E-state index contributed by atoms with van der Waals surface area (Å²) in [7, 11) is 0. The van der Waals surface area contributed by atoms with Crippen LogP contribution in [0.5, 0.6) is 0 Å². The van der Waals surface area contributed by atoms with Crippen LogP contribution in [0.15, 0.2) is 9.85 Å². The van der Waals surface area contributed by atoms with Gasteiger partial charge in [-0.25, -0.2) is 0 Å². The average Bonchev–Trinajstić information content (AvgIpc) is 2.56. The van der Waals surface area contributed by atoms with Gasteiger partial charge in [-0.2, -0.15) is 0 Å². The number of hydrogen-bond donors (Lipinski definition) is 1. The average molecular weight is 367 g/mol. The fraction of sp³-hybridized carbons (Fsp3) is 0.733. The second-order valence-corrected chi connectivity index (χ2v) is 9.30. The van der Waals surface area contributed by atoms with Crippen molar-refractivity contribution in [3.8, 4) is 0 Å². The Hall–Kier alpha value is 0.430. The van der Waals surface area contributed by atoms with E-state index in [4.69, 9.17) is 11.6 Å². The van der Waals surface area contributed by atoms with Gasteiger partial charge in [-0.05, 0) is 52.7 Å².